The molecule has 0 bridgehead atoms. The van der Waals surface area contributed by atoms with Crippen molar-refractivity contribution in [3.63, 3.8) is 0 Å². The van der Waals surface area contributed by atoms with E-state index in [9.17, 15) is 0 Å². The smallest absolute Gasteiger partial charge is 0.233 e. The molecule has 0 fully saturated rings. The van der Waals surface area contributed by atoms with E-state index >= 15 is 0 Å². The van der Waals surface area contributed by atoms with Crippen LogP contribution in [0.15, 0.2) is 12.1 Å². The standard InChI is InChI=1S/C10H15IN2O/c1-2-3-4-5-8-14-10-7-6-9(11)12-13-10/h6-7H,2-5,8H2,1H3. The van der Waals surface area contributed by atoms with Crippen molar-refractivity contribution >= 4 is 22.6 Å². The van der Waals surface area contributed by atoms with Gasteiger partial charge in [-0.15, -0.1) is 10.2 Å². The molecule has 0 aliphatic rings. The average Bonchev–Trinajstić information content (AvgIpc) is 2.21. The fourth-order valence-corrected chi connectivity index (χ4v) is 1.37. The Labute approximate surface area is 98.4 Å². The Balaban J connectivity index is 2.15. The zero-order valence-corrected chi connectivity index (χ0v) is 10.5. The Morgan fingerprint density at radius 1 is 1.21 bits per heavy atom. The van der Waals surface area contributed by atoms with Gasteiger partial charge >= 0.3 is 0 Å². The maximum atomic E-state index is 5.43. The van der Waals surface area contributed by atoms with E-state index in [-0.39, 0.29) is 0 Å². The fourth-order valence-electron chi connectivity index (χ4n) is 1.09. The van der Waals surface area contributed by atoms with Gasteiger partial charge in [-0.1, -0.05) is 26.2 Å². The number of unbranched alkanes of at least 4 members (excludes halogenated alkanes) is 3. The minimum atomic E-state index is 0.627. The summed E-state index contributed by atoms with van der Waals surface area (Å²) in [5.41, 5.74) is 0. The monoisotopic (exact) mass is 306 g/mol. The molecule has 1 aromatic heterocycles. The number of nitrogens with zero attached hydrogens (tertiary/aromatic N) is 2. The lowest BCUT2D eigenvalue weighted by molar-refractivity contribution is 0.290. The molecule has 0 saturated heterocycles. The second-order valence-electron chi connectivity index (χ2n) is 3.10. The van der Waals surface area contributed by atoms with E-state index in [1.807, 2.05) is 12.1 Å². The first-order valence-corrected chi connectivity index (χ1v) is 6.03. The van der Waals surface area contributed by atoms with Crippen molar-refractivity contribution < 1.29 is 4.74 Å². The Hall–Kier alpha value is -0.390. The third kappa shape index (κ3) is 4.74. The molecular weight excluding hydrogens is 291 g/mol. The molecule has 0 aliphatic carbocycles. The Morgan fingerprint density at radius 3 is 2.71 bits per heavy atom. The van der Waals surface area contributed by atoms with Crippen LogP contribution in [0.1, 0.15) is 32.6 Å². The molecule has 3 nitrogen and oxygen atoms in total. The van der Waals surface area contributed by atoms with Gasteiger partial charge < -0.3 is 4.74 Å². The van der Waals surface area contributed by atoms with E-state index in [4.69, 9.17) is 4.74 Å². The maximum absolute atomic E-state index is 5.43. The minimum absolute atomic E-state index is 0.627. The Bertz CT molecular complexity index is 251. The van der Waals surface area contributed by atoms with E-state index in [1.165, 1.54) is 19.3 Å². The molecule has 14 heavy (non-hydrogen) atoms. The second-order valence-corrected chi connectivity index (χ2v) is 4.21. The summed E-state index contributed by atoms with van der Waals surface area (Å²) in [6, 6.07) is 3.75. The lowest BCUT2D eigenvalue weighted by atomic mass is 10.2. The summed E-state index contributed by atoms with van der Waals surface area (Å²) in [6.45, 7) is 2.95. The molecule has 0 N–H and O–H groups in total. The third-order valence-corrected chi connectivity index (χ3v) is 2.43. The summed E-state index contributed by atoms with van der Waals surface area (Å²) in [4.78, 5) is 0. The summed E-state index contributed by atoms with van der Waals surface area (Å²) >= 11 is 2.12. The fraction of sp³-hybridized carbons (Fsp3) is 0.600. The van der Waals surface area contributed by atoms with Gasteiger partial charge in [0.1, 0.15) is 3.70 Å². The average molecular weight is 306 g/mol. The lowest BCUT2D eigenvalue weighted by Gasteiger charge is -2.03. The second kappa shape index (κ2) is 6.98. The van der Waals surface area contributed by atoms with Gasteiger partial charge in [-0.3, -0.25) is 0 Å². The number of hydrogen-bond donors (Lipinski definition) is 0. The molecule has 0 aliphatic heterocycles. The topological polar surface area (TPSA) is 35.0 Å². The largest absolute Gasteiger partial charge is 0.477 e. The highest BCUT2D eigenvalue weighted by Crippen LogP contribution is 2.07. The molecule has 1 rings (SSSR count). The molecule has 0 spiro atoms. The summed E-state index contributed by atoms with van der Waals surface area (Å²) in [5, 5.41) is 7.82. The maximum Gasteiger partial charge on any atom is 0.233 e. The highest BCUT2D eigenvalue weighted by atomic mass is 127. The first kappa shape index (κ1) is 11.7. The van der Waals surface area contributed by atoms with Crippen LogP contribution in [0.25, 0.3) is 0 Å². The van der Waals surface area contributed by atoms with Crippen LogP contribution >= 0.6 is 22.6 Å². The number of rotatable bonds is 6. The molecule has 0 amide bonds. The van der Waals surface area contributed by atoms with Gasteiger partial charge in [-0.25, -0.2) is 0 Å². The summed E-state index contributed by atoms with van der Waals surface area (Å²) in [5.74, 6) is 0.627. The molecule has 1 aromatic rings. The van der Waals surface area contributed by atoms with Gasteiger partial charge in [0, 0.05) is 6.07 Å². The van der Waals surface area contributed by atoms with Gasteiger partial charge in [-0.05, 0) is 35.1 Å². The van der Waals surface area contributed by atoms with Gasteiger partial charge in [-0.2, -0.15) is 0 Å². The van der Waals surface area contributed by atoms with Gasteiger partial charge in [0.05, 0.1) is 6.61 Å². The van der Waals surface area contributed by atoms with Crippen LogP contribution in [0.3, 0.4) is 0 Å². The van der Waals surface area contributed by atoms with E-state index in [2.05, 4.69) is 39.7 Å². The van der Waals surface area contributed by atoms with Gasteiger partial charge in [0.15, 0.2) is 0 Å². The van der Waals surface area contributed by atoms with E-state index < -0.39 is 0 Å². The first-order valence-electron chi connectivity index (χ1n) is 4.95. The zero-order chi connectivity index (χ0) is 10.2. The predicted molar refractivity (Wildman–Crippen MR) is 64.4 cm³/mol. The molecule has 0 unspecified atom stereocenters. The normalized spacial score (nSPS) is 10.1. The molecule has 0 saturated carbocycles. The summed E-state index contributed by atoms with van der Waals surface area (Å²) in [7, 11) is 0. The third-order valence-electron chi connectivity index (χ3n) is 1.86. The minimum Gasteiger partial charge on any atom is -0.477 e. The number of halogens is 1. The van der Waals surface area contributed by atoms with Crippen molar-refractivity contribution in [2.45, 2.75) is 32.6 Å². The molecule has 0 atom stereocenters. The van der Waals surface area contributed by atoms with Crippen LogP contribution in [0.4, 0.5) is 0 Å². The SMILES string of the molecule is CCCCCCOc1ccc(I)nn1. The molecule has 0 aromatic carbocycles. The molecule has 78 valence electrons. The van der Waals surface area contributed by atoms with Crippen molar-refractivity contribution in [1.82, 2.24) is 10.2 Å². The van der Waals surface area contributed by atoms with Crippen LogP contribution < -0.4 is 4.74 Å². The van der Waals surface area contributed by atoms with Crippen LogP contribution in [0, 0.1) is 3.70 Å². The Kier molecular flexibility index (Phi) is 5.82. The first-order chi connectivity index (χ1) is 6.83. The van der Waals surface area contributed by atoms with Crippen LogP contribution in [-0.4, -0.2) is 16.8 Å². The predicted octanol–water partition coefficient (Wildman–Crippen LogP) is 3.04. The van der Waals surface area contributed by atoms with Gasteiger partial charge in [0.2, 0.25) is 5.88 Å². The number of hydrogen-bond acceptors (Lipinski definition) is 3. The molecule has 1 heterocycles. The highest BCUT2D eigenvalue weighted by molar-refractivity contribution is 14.1. The van der Waals surface area contributed by atoms with E-state index in [1.54, 1.807) is 0 Å². The van der Waals surface area contributed by atoms with E-state index in [0.29, 0.717) is 5.88 Å². The van der Waals surface area contributed by atoms with Crippen molar-refractivity contribution in [2.75, 3.05) is 6.61 Å². The van der Waals surface area contributed by atoms with Crippen molar-refractivity contribution in [1.29, 1.82) is 0 Å². The van der Waals surface area contributed by atoms with Crippen LogP contribution in [0.5, 0.6) is 5.88 Å². The number of ether oxygens (including phenoxy) is 1. The Morgan fingerprint density at radius 2 is 2.07 bits per heavy atom. The molecular formula is C10H15IN2O. The van der Waals surface area contributed by atoms with Crippen LogP contribution in [-0.2, 0) is 0 Å². The van der Waals surface area contributed by atoms with Crippen molar-refractivity contribution in [2.24, 2.45) is 0 Å². The quantitative estimate of drug-likeness (QED) is 0.598. The van der Waals surface area contributed by atoms with Crippen molar-refractivity contribution in [3.05, 3.63) is 15.8 Å². The zero-order valence-electron chi connectivity index (χ0n) is 8.37. The highest BCUT2D eigenvalue weighted by Gasteiger charge is 1.95. The van der Waals surface area contributed by atoms with E-state index in [0.717, 1.165) is 16.7 Å². The molecule has 0 radical (unpaired) electrons. The molecule has 4 heteroatoms. The van der Waals surface area contributed by atoms with Crippen molar-refractivity contribution in [3.8, 4) is 5.88 Å². The van der Waals surface area contributed by atoms with Gasteiger partial charge in [0.25, 0.3) is 0 Å². The van der Waals surface area contributed by atoms with Crippen LogP contribution in [0.2, 0.25) is 0 Å². The summed E-state index contributed by atoms with van der Waals surface area (Å²) < 4.78 is 6.32. The summed E-state index contributed by atoms with van der Waals surface area (Å²) in [6.07, 6.45) is 4.86. The lowest BCUT2D eigenvalue weighted by Crippen LogP contribution is -2.00. The number of aromatic nitrogens is 2.